The fourth-order valence-electron chi connectivity index (χ4n) is 1.33. The predicted molar refractivity (Wildman–Crippen MR) is 63.3 cm³/mol. The SMILES string of the molecule is CNC(=O)[C@@H]1CSCN1C(=O)OC(C)(C)C. The van der Waals surface area contributed by atoms with Crippen LogP contribution in [0.25, 0.3) is 0 Å². The summed E-state index contributed by atoms with van der Waals surface area (Å²) in [4.78, 5) is 24.8. The number of hydrogen-bond donors (Lipinski definition) is 1. The Kier molecular flexibility index (Phi) is 4.07. The van der Waals surface area contributed by atoms with Crippen molar-refractivity contribution in [1.29, 1.82) is 0 Å². The number of nitrogens with zero attached hydrogens (tertiary/aromatic N) is 1. The van der Waals surface area contributed by atoms with Gasteiger partial charge in [-0.2, -0.15) is 0 Å². The second-order valence-electron chi connectivity index (χ2n) is 4.58. The second kappa shape index (κ2) is 4.95. The fourth-order valence-corrected chi connectivity index (χ4v) is 2.47. The fraction of sp³-hybridized carbons (Fsp3) is 0.800. The van der Waals surface area contributed by atoms with Crippen molar-refractivity contribution < 1.29 is 14.3 Å². The van der Waals surface area contributed by atoms with Crippen molar-refractivity contribution in [2.75, 3.05) is 18.7 Å². The molecule has 92 valence electrons. The highest BCUT2D eigenvalue weighted by Crippen LogP contribution is 2.23. The highest BCUT2D eigenvalue weighted by molar-refractivity contribution is 7.99. The number of rotatable bonds is 1. The number of carbonyl (C=O) groups is 2. The molecule has 0 aliphatic carbocycles. The molecule has 0 radical (unpaired) electrons. The summed E-state index contributed by atoms with van der Waals surface area (Å²) in [7, 11) is 1.57. The second-order valence-corrected chi connectivity index (χ2v) is 5.58. The Hall–Kier alpha value is -0.910. The molecular weight excluding hydrogens is 228 g/mol. The minimum absolute atomic E-state index is 0.143. The first-order valence-electron chi connectivity index (χ1n) is 5.14. The first kappa shape index (κ1) is 13.2. The van der Waals surface area contributed by atoms with Gasteiger partial charge in [0.25, 0.3) is 0 Å². The molecule has 0 aromatic carbocycles. The smallest absolute Gasteiger partial charge is 0.411 e. The quantitative estimate of drug-likeness (QED) is 0.751. The third kappa shape index (κ3) is 3.30. The molecule has 0 spiro atoms. The summed E-state index contributed by atoms with van der Waals surface area (Å²) in [6.45, 7) is 5.43. The van der Waals surface area contributed by atoms with E-state index in [1.807, 2.05) is 20.8 Å². The van der Waals surface area contributed by atoms with E-state index in [1.165, 1.54) is 4.90 Å². The Bertz CT molecular complexity index is 288. The summed E-state index contributed by atoms with van der Waals surface area (Å²) in [5.74, 6) is 0.988. The highest BCUT2D eigenvalue weighted by atomic mass is 32.2. The minimum Gasteiger partial charge on any atom is -0.444 e. The van der Waals surface area contributed by atoms with Gasteiger partial charge in [-0.25, -0.2) is 4.79 Å². The van der Waals surface area contributed by atoms with Crippen LogP contribution in [0.4, 0.5) is 4.79 Å². The lowest BCUT2D eigenvalue weighted by Crippen LogP contribution is -2.47. The van der Waals surface area contributed by atoms with E-state index in [0.29, 0.717) is 11.6 Å². The number of nitrogens with one attached hydrogen (secondary N) is 1. The van der Waals surface area contributed by atoms with E-state index >= 15 is 0 Å². The molecule has 1 fully saturated rings. The van der Waals surface area contributed by atoms with E-state index in [0.717, 1.165) is 0 Å². The number of ether oxygens (including phenoxy) is 1. The third-order valence-electron chi connectivity index (χ3n) is 2.06. The van der Waals surface area contributed by atoms with Crippen LogP contribution in [0, 0.1) is 0 Å². The zero-order valence-electron chi connectivity index (χ0n) is 10.1. The van der Waals surface area contributed by atoms with Gasteiger partial charge in [0.1, 0.15) is 11.6 Å². The predicted octanol–water partition coefficient (Wildman–Crippen LogP) is 1.04. The molecule has 0 unspecified atom stereocenters. The van der Waals surface area contributed by atoms with Crippen molar-refractivity contribution in [3.8, 4) is 0 Å². The van der Waals surface area contributed by atoms with Gasteiger partial charge >= 0.3 is 6.09 Å². The van der Waals surface area contributed by atoms with E-state index in [9.17, 15) is 9.59 Å². The Morgan fingerprint density at radius 2 is 2.06 bits per heavy atom. The number of amides is 2. The molecule has 1 aliphatic heterocycles. The average molecular weight is 246 g/mol. The van der Waals surface area contributed by atoms with E-state index in [-0.39, 0.29) is 5.91 Å². The van der Waals surface area contributed by atoms with Crippen molar-refractivity contribution in [2.24, 2.45) is 0 Å². The first-order chi connectivity index (χ1) is 7.35. The van der Waals surface area contributed by atoms with Crippen LogP contribution in [0.2, 0.25) is 0 Å². The molecule has 1 atom stereocenters. The summed E-state index contributed by atoms with van der Waals surface area (Å²) in [6.07, 6.45) is -0.425. The molecular formula is C10H18N2O3S. The summed E-state index contributed by atoms with van der Waals surface area (Å²) >= 11 is 1.55. The molecule has 1 rings (SSSR count). The van der Waals surface area contributed by atoms with Gasteiger partial charge < -0.3 is 10.1 Å². The number of thioether (sulfide) groups is 1. The molecule has 1 aliphatic rings. The zero-order chi connectivity index (χ0) is 12.3. The van der Waals surface area contributed by atoms with Crippen LogP contribution in [0.15, 0.2) is 0 Å². The summed E-state index contributed by atoms with van der Waals surface area (Å²) in [5.41, 5.74) is -0.530. The van der Waals surface area contributed by atoms with Gasteiger partial charge in [0, 0.05) is 12.8 Å². The molecule has 0 bridgehead atoms. The van der Waals surface area contributed by atoms with Gasteiger partial charge in [0.05, 0.1) is 5.88 Å². The van der Waals surface area contributed by atoms with Crippen LogP contribution >= 0.6 is 11.8 Å². The minimum atomic E-state index is -0.530. The van der Waals surface area contributed by atoms with Crippen LogP contribution in [0.1, 0.15) is 20.8 Å². The van der Waals surface area contributed by atoms with E-state index in [2.05, 4.69) is 5.32 Å². The maximum Gasteiger partial charge on any atom is 0.411 e. The van der Waals surface area contributed by atoms with Crippen LogP contribution in [-0.2, 0) is 9.53 Å². The van der Waals surface area contributed by atoms with E-state index in [1.54, 1.807) is 18.8 Å². The van der Waals surface area contributed by atoms with Crippen LogP contribution in [-0.4, -0.2) is 47.2 Å². The standard InChI is InChI=1S/C10H18N2O3S/c1-10(2,3)15-9(14)12-6-16-5-7(12)8(13)11-4/h7H,5-6H2,1-4H3,(H,11,13)/t7-/m0/s1. The summed E-state index contributed by atoms with van der Waals surface area (Å²) in [6, 6.07) is -0.412. The average Bonchev–Trinajstić information content (AvgIpc) is 2.62. The monoisotopic (exact) mass is 246 g/mol. The van der Waals surface area contributed by atoms with Gasteiger partial charge in [-0.1, -0.05) is 0 Å². The number of carbonyl (C=O) groups excluding carboxylic acids is 2. The molecule has 6 heteroatoms. The largest absolute Gasteiger partial charge is 0.444 e. The van der Waals surface area contributed by atoms with Crippen molar-refractivity contribution >= 4 is 23.8 Å². The molecule has 0 aromatic heterocycles. The number of likely N-dealkylation sites (N-methyl/N-ethyl adjacent to an activating group) is 1. The molecule has 16 heavy (non-hydrogen) atoms. The molecule has 5 nitrogen and oxygen atoms in total. The molecule has 0 saturated carbocycles. The van der Waals surface area contributed by atoms with Crippen molar-refractivity contribution in [3.05, 3.63) is 0 Å². The van der Waals surface area contributed by atoms with Crippen molar-refractivity contribution in [2.45, 2.75) is 32.4 Å². The lowest BCUT2D eigenvalue weighted by atomic mass is 10.2. The lowest BCUT2D eigenvalue weighted by molar-refractivity contribution is -0.124. The van der Waals surface area contributed by atoms with Crippen molar-refractivity contribution in [3.63, 3.8) is 0 Å². The Labute approximate surface area is 99.9 Å². The lowest BCUT2D eigenvalue weighted by Gasteiger charge is -2.27. The first-order valence-corrected chi connectivity index (χ1v) is 6.29. The van der Waals surface area contributed by atoms with E-state index in [4.69, 9.17) is 4.74 Å². The zero-order valence-corrected chi connectivity index (χ0v) is 10.9. The summed E-state index contributed by atoms with van der Waals surface area (Å²) in [5, 5.41) is 2.55. The van der Waals surface area contributed by atoms with Gasteiger partial charge in [0.2, 0.25) is 5.91 Å². The van der Waals surface area contributed by atoms with Crippen molar-refractivity contribution in [1.82, 2.24) is 10.2 Å². The molecule has 2 amide bonds. The number of hydrogen-bond acceptors (Lipinski definition) is 4. The highest BCUT2D eigenvalue weighted by Gasteiger charge is 2.36. The van der Waals surface area contributed by atoms with E-state index < -0.39 is 17.7 Å². The third-order valence-corrected chi connectivity index (χ3v) is 3.07. The van der Waals surface area contributed by atoms with Crippen LogP contribution < -0.4 is 5.32 Å². The maximum atomic E-state index is 11.8. The molecule has 1 N–H and O–H groups in total. The van der Waals surface area contributed by atoms with Gasteiger partial charge in [-0.05, 0) is 20.8 Å². The van der Waals surface area contributed by atoms with Gasteiger partial charge in [0.15, 0.2) is 0 Å². The summed E-state index contributed by atoms with van der Waals surface area (Å²) < 4.78 is 5.24. The van der Waals surface area contributed by atoms with Gasteiger partial charge in [-0.3, -0.25) is 9.69 Å². The Morgan fingerprint density at radius 3 is 2.56 bits per heavy atom. The van der Waals surface area contributed by atoms with Crippen LogP contribution in [0.3, 0.4) is 0 Å². The van der Waals surface area contributed by atoms with Crippen LogP contribution in [0.5, 0.6) is 0 Å². The molecule has 0 aromatic rings. The normalized spacial score (nSPS) is 20.8. The topological polar surface area (TPSA) is 58.6 Å². The van der Waals surface area contributed by atoms with Gasteiger partial charge in [-0.15, -0.1) is 11.8 Å². The Balaban J connectivity index is 2.65. The molecule has 1 saturated heterocycles. The molecule has 1 heterocycles. The maximum absolute atomic E-state index is 11.8. The Morgan fingerprint density at radius 1 is 1.44 bits per heavy atom.